The maximum atomic E-state index is 12.6. The number of fused-ring (bicyclic) bond motifs is 2. The molecule has 0 saturated heterocycles. The fraction of sp³-hybridized carbons (Fsp3) is 0.364. The Bertz CT molecular complexity index is 991. The minimum absolute atomic E-state index is 0.0615. The summed E-state index contributed by atoms with van der Waals surface area (Å²) in [6.45, 7) is 5.44. The Kier molecular flexibility index (Phi) is 5.60. The van der Waals surface area contributed by atoms with Crippen molar-refractivity contribution in [2.45, 2.75) is 19.3 Å². The SMILES string of the molecule is CC(C)(CNC(=O)CN1C(=O)COc2cc(Br)ccc21)c1ccc2c(c1)OCCO2. The Hall–Kier alpha value is -2.74. The van der Waals surface area contributed by atoms with Crippen molar-refractivity contribution in [1.82, 2.24) is 5.32 Å². The Morgan fingerprint density at radius 3 is 2.63 bits per heavy atom. The summed E-state index contributed by atoms with van der Waals surface area (Å²) in [7, 11) is 0. The van der Waals surface area contributed by atoms with Gasteiger partial charge in [0.2, 0.25) is 5.91 Å². The maximum Gasteiger partial charge on any atom is 0.265 e. The summed E-state index contributed by atoms with van der Waals surface area (Å²) in [6, 6.07) is 11.2. The molecule has 4 rings (SSSR count). The van der Waals surface area contributed by atoms with E-state index in [1.165, 1.54) is 4.90 Å². The van der Waals surface area contributed by atoms with Crippen molar-refractivity contribution in [3.05, 3.63) is 46.4 Å². The van der Waals surface area contributed by atoms with E-state index in [1.807, 2.05) is 38.1 Å². The van der Waals surface area contributed by atoms with E-state index in [-0.39, 0.29) is 30.4 Å². The number of amides is 2. The zero-order valence-corrected chi connectivity index (χ0v) is 18.5. The van der Waals surface area contributed by atoms with Gasteiger partial charge >= 0.3 is 0 Å². The Balaban J connectivity index is 1.42. The second-order valence-corrected chi connectivity index (χ2v) is 8.82. The fourth-order valence-corrected chi connectivity index (χ4v) is 3.78. The van der Waals surface area contributed by atoms with Crippen LogP contribution in [0.2, 0.25) is 0 Å². The number of nitrogens with zero attached hydrogens (tertiary/aromatic N) is 1. The molecule has 0 fully saturated rings. The molecular weight excluding hydrogens is 452 g/mol. The number of benzene rings is 2. The molecule has 158 valence electrons. The number of rotatable bonds is 5. The van der Waals surface area contributed by atoms with Crippen LogP contribution in [0.4, 0.5) is 5.69 Å². The predicted octanol–water partition coefficient (Wildman–Crippen LogP) is 3.04. The smallest absolute Gasteiger partial charge is 0.265 e. The van der Waals surface area contributed by atoms with E-state index < -0.39 is 0 Å². The van der Waals surface area contributed by atoms with Crippen LogP contribution in [-0.4, -0.2) is 44.7 Å². The molecule has 0 bridgehead atoms. The van der Waals surface area contributed by atoms with Gasteiger partial charge in [0, 0.05) is 16.4 Å². The largest absolute Gasteiger partial charge is 0.486 e. The van der Waals surface area contributed by atoms with Crippen LogP contribution in [0.5, 0.6) is 17.2 Å². The van der Waals surface area contributed by atoms with Crippen molar-refractivity contribution < 1.29 is 23.8 Å². The van der Waals surface area contributed by atoms with Crippen LogP contribution in [0.15, 0.2) is 40.9 Å². The topological polar surface area (TPSA) is 77.1 Å². The molecule has 2 aromatic carbocycles. The number of carbonyl (C=O) groups is 2. The third-order valence-corrected chi connectivity index (χ3v) is 5.71. The molecule has 2 heterocycles. The van der Waals surface area contributed by atoms with Crippen molar-refractivity contribution in [2.75, 3.05) is 37.8 Å². The van der Waals surface area contributed by atoms with Crippen LogP contribution < -0.4 is 24.4 Å². The van der Waals surface area contributed by atoms with E-state index in [4.69, 9.17) is 14.2 Å². The lowest BCUT2D eigenvalue weighted by atomic mass is 9.84. The van der Waals surface area contributed by atoms with Crippen molar-refractivity contribution >= 4 is 33.4 Å². The minimum atomic E-state index is -0.330. The van der Waals surface area contributed by atoms with Gasteiger partial charge < -0.3 is 19.5 Å². The van der Waals surface area contributed by atoms with Gasteiger partial charge in [-0.2, -0.15) is 0 Å². The van der Waals surface area contributed by atoms with E-state index in [0.717, 1.165) is 21.5 Å². The van der Waals surface area contributed by atoms with Crippen LogP contribution in [-0.2, 0) is 15.0 Å². The fourth-order valence-electron chi connectivity index (χ4n) is 3.44. The van der Waals surface area contributed by atoms with Crippen LogP contribution in [0.1, 0.15) is 19.4 Å². The van der Waals surface area contributed by atoms with E-state index >= 15 is 0 Å². The van der Waals surface area contributed by atoms with Gasteiger partial charge in [0.1, 0.15) is 25.5 Å². The molecule has 2 aliphatic heterocycles. The number of nitrogens with one attached hydrogen (secondary N) is 1. The van der Waals surface area contributed by atoms with Gasteiger partial charge in [-0.15, -0.1) is 0 Å². The molecule has 0 unspecified atom stereocenters. The average Bonchev–Trinajstić information content (AvgIpc) is 2.74. The number of carbonyl (C=O) groups excluding carboxylic acids is 2. The van der Waals surface area contributed by atoms with Crippen LogP contribution in [0.25, 0.3) is 0 Å². The third kappa shape index (κ3) is 4.23. The molecule has 0 spiro atoms. The van der Waals surface area contributed by atoms with Crippen molar-refractivity contribution in [3.8, 4) is 17.2 Å². The molecule has 1 N–H and O–H groups in total. The van der Waals surface area contributed by atoms with Gasteiger partial charge in [0.05, 0.1) is 5.69 Å². The van der Waals surface area contributed by atoms with E-state index in [9.17, 15) is 9.59 Å². The van der Waals surface area contributed by atoms with Gasteiger partial charge in [-0.05, 0) is 35.9 Å². The second kappa shape index (κ2) is 8.18. The Labute approximate surface area is 183 Å². The molecule has 2 aromatic rings. The highest BCUT2D eigenvalue weighted by atomic mass is 79.9. The summed E-state index contributed by atoms with van der Waals surface area (Å²) in [5.74, 6) is 1.56. The van der Waals surface area contributed by atoms with Gasteiger partial charge in [-0.1, -0.05) is 35.8 Å². The molecule has 8 heteroatoms. The van der Waals surface area contributed by atoms with Gasteiger partial charge in [-0.3, -0.25) is 14.5 Å². The lowest BCUT2D eigenvalue weighted by Gasteiger charge is -2.30. The summed E-state index contributed by atoms with van der Waals surface area (Å²) >= 11 is 3.39. The average molecular weight is 475 g/mol. The number of hydrogen-bond acceptors (Lipinski definition) is 5. The first-order valence-electron chi connectivity index (χ1n) is 9.73. The first-order chi connectivity index (χ1) is 14.3. The highest BCUT2D eigenvalue weighted by Gasteiger charge is 2.29. The van der Waals surface area contributed by atoms with E-state index in [1.54, 1.807) is 12.1 Å². The third-order valence-electron chi connectivity index (χ3n) is 5.22. The van der Waals surface area contributed by atoms with Gasteiger partial charge in [0.25, 0.3) is 5.91 Å². The zero-order chi connectivity index (χ0) is 21.3. The quantitative estimate of drug-likeness (QED) is 0.720. The molecule has 0 atom stereocenters. The molecule has 30 heavy (non-hydrogen) atoms. The summed E-state index contributed by atoms with van der Waals surface area (Å²) in [5, 5.41) is 2.96. The zero-order valence-electron chi connectivity index (χ0n) is 16.9. The number of hydrogen-bond donors (Lipinski definition) is 1. The van der Waals surface area contributed by atoms with Crippen LogP contribution >= 0.6 is 15.9 Å². The molecule has 2 amide bonds. The van der Waals surface area contributed by atoms with Gasteiger partial charge in [-0.25, -0.2) is 0 Å². The number of anilines is 1. The number of ether oxygens (including phenoxy) is 3. The Morgan fingerprint density at radius 1 is 1.07 bits per heavy atom. The van der Waals surface area contributed by atoms with Crippen LogP contribution in [0.3, 0.4) is 0 Å². The van der Waals surface area contributed by atoms with Crippen molar-refractivity contribution in [3.63, 3.8) is 0 Å². The normalized spacial score (nSPS) is 15.3. The first kappa shape index (κ1) is 20.5. The number of halogens is 1. The molecule has 2 aliphatic rings. The van der Waals surface area contributed by atoms with Crippen molar-refractivity contribution in [2.24, 2.45) is 0 Å². The molecule has 0 aliphatic carbocycles. The standard InChI is InChI=1S/C22H23BrN2O5/c1-22(2,14-3-6-17-19(9-14)29-8-7-28-17)13-24-20(26)11-25-16-5-4-15(23)10-18(16)30-12-21(25)27/h3-6,9-10H,7-8,11-13H2,1-2H3,(H,24,26). The lowest BCUT2D eigenvalue weighted by molar-refractivity contribution is -0.125. The maximum absolute atomic E-state index is 12.6. The van der Waals surface area contributed by atoms with Gasteiger partial charge in [0.15, 0.2) is 18.1 Å². The molecular formula is C22H23BrN2O5. The second-order valence-electron chi connectivity index (χ2n) is 7.90. The molecule has 0 saturated carbocycles. The summed E-state index contributed by atoms with van der Waals surface area (Å²) in [4.78, 5) is 26.4. The van der Waals surface area contributed by atoms with Crippen molar-refractivity contribution in [1.29, 1.82) is 0 Å². The summed E-state index contributed by atoms with van der Waals surface area (Å²) < 4.78 is 17.6. The Morgan fingerprint density at radius 2 is 1.83 bits per heavy atom. The molecule has 7 nitrogen and oxygen atoms in total. The highest BCUT2D eigenvalue weighted by Crippen LogP contribution is 2.36. The predicted molar refractivity (Wildman–Crippen MR) is 115 cm³/mol. The molecule has 0 radical (unpaired) electrons. The highest BCUT2D eigenvalue weighted by molar-refractivity contribution is 9.10. The first-order valence-corrected chi connectivity index (χ1v) is 10.5. The summed E-state index contributed by atoms with van der Waals surface area (Å²) in [6.07, 6.45) is 0. The monoisotopic (exact) mass is 474 g/mol. The van der Waals surface area contributed by atoms with E-state index in [0.29, 0.717) is 31.2 Å². The van der Waals surface area contributed by atoms with Crippen LogP contribution in [0, 0.1) is 0 Å². The minimum Gasteiger partial charge on any atom is -0.486 e. The molecule has 0 aromatic heterocycles. The van der Waals surface area contributed by atoms with E-state index in [2.05, 4.69) is 21.2 Å². The lowest BCUT2D eigenvalue weighted by Crippen LogP contribution is -2.47. The summed E-state index contributed by atoms with van der Waals surface area (Å²) in [5.41, 5.74) is 1.30.